The number of hydrogen-bond acceptors (Lipinski definition) is 3. The number of methoxy groups -OCH3 is 1. The number of hydrogen-bond donors (Lipinski definition) is 1. The lowest BCUT2D eigenvalue weighted by Gasteiger charge is -2.11. The molecule has 3 aromatic carbocycles. The lowest BCUT2D eigenvalue weighted by Crippen LogP contribution is -2.28. The summed E-state index contributed by atoms with van der Waals surface area (Å²) in [6, 6.07) is 21.0. The van der Waals surface area contributed by atoms with Gasteiger partial charge in [-0.3, -0.25) is 4.79 Å². The Balaban J connectivity index is 1.59. The Morgan fingerprint density at radius 3 is 2.46 bits per heavy atom. The predicted octanol–water partition coefficient (Wildman–Crippen LogP) is 3.66. The van der Waals surface area contributed by atoms with Gasteiger partial charge in [-0.1, -0.05) is 48.5 Å². The van der Waals surface area contributed by atoms with Crippen molar-refractivity contribution in [1.82, 2.24) is 5.32 Å². The van der Waals surface area contributed by atoms with Crippen molar-refractivity contribution in [2.75, 3.05) is 20.3 Å². The largest absolute Gasteiger partial charge is 0.493 e. The Labute approximate surface area is 141 Å². The summed E-state index contributed by atoms with van der Waals surface area (Å²) in [5.74, 6) is 1.24. The van der Waals surface area contributed by atoms with Crippen LogP contribution in [0.1, 0.15) is 10.4 Å². The van der Waals surface area contributed by atoms with Crippen molar-refractivity contribution in [3.8, 4) is 11.5 Å². The topological polar surface area (TPSA) is 47.6 Å². The smallest absolute Gasteiger partial charge is 0.252 e. The molecule has 0 aliphatic rings. The molecule has 0 heterocycles. The monoisotopic (exact) mass is 321 g/mol. The second-order valence-electron chi connectivity index (χ2n) is 5.28. The third-order valence-electron chi connectivity index (χ3n) is 3.75. The van der Waals surface area contributed by atoms with Gasteiger partial charge in [0.15, 0.2) is 11.5 Å². The Hall–Kier alpha value is -3.01. The van der Waals surface area contributed by atoms with Gasteiger partial charge in [0.05, 0.1) is 13.7 Å². The van der Waals surface area contributed by atoms with E-state index in [2.05, 4.69) is 5.32 Å². The van der Waals surface area contributed by atoms with E-state index in [1.807, 2.05) is 66.7 Å². The van der Waals surface area contributed by atoms with E-state index in [0.717, 1.165) is 10.8 Å². The molecular formula is C20H19NO3. The van der Waals surface area contributed by atoms with Crippen LogP contribution in [0.5, 0.6) is 11.5 Å². The van der Waals surface area contributed by atoms with Crippen LogP contribution < -0.4 is 14.8 Å². The molecule has 1 amide bonds. The number of rotatable bonds is 6. The summed E-state index contributed by atoms with van der Waals surface area (Å²) in [5, 5.41) is 4.89. The molecule has 24 heavy (non-hydrogen) atoms. The summed E-state index contributed by atoms with van der Waals surface area (Å²) in [4.78, 5) is 12.4. The fourth-order valence-corrected chi connectivity index (χ4v) is 2.58. The number of benzene rings is 3. The molecule has 4 heteroatoms. The number of amides is 1. The van der Waals surface area contributed by atoms with Crippen LogP contribution in [0.4, 0.5) is 0 Å². The van der Waals surface area contributed by atoms with E-state index >= 15 is 0 Å². The van der Waals surface area contributed by atoms with Crippen molar-refractivity contribution in [3.05, 3.63) is 72.3 Å². The van der Waals surface area contributed by atoms with Crippen LogP contribution in [0, 0.1) is 0 Å². The highest BCUT2D eigenvalue weighted by atomic mass is 16.5. The molecule has 0 atom stereocenters. The quantitative estimate of drug-likeness (QED) is 0.705. The maximum Gasteiger partial charge on any atom is 0.252 e. The molecule has 1 N–H and O–H groups in total. The van der Waals surface area contributed by atoms with E-state index in [4.69, 9.17) is 9.47 Å². The minimum Gasteiger partial charge on any atom is -0.493 e. The zero-order chi connectivity index (χ0) is 16.8. The normalized spacial score (nSPS) is 10.4. The lowest BCUT2D eigenvalue weighted by molar-refractivity contribution is 0.0948. The first-order valence-corrected chi connectivity index (χ1v) is 7.81. The summed E-state index contributed by atoms with van der Waals surface area (Å²) >= 11 is 0. The maximum atomic E-state index is 12.4. The van der Waals surface area contributed by atoms with E-state index in [0.29, 0.717) is 30.2 Å². The molecule has 0 unspecified atom stereocenters. The minimum absolute atomic E-state index is 0.101. The summed E-state index contributed by atoms with van der Waals surface area (Å²) in [6.45, 7) is 0.789. The molecule has 3 aromatic rings. The van der Waals surface area contributed by atoms with Crippen LogP contribution in [-0.2, 0) is 0 Å². The van der Waals surface area contributed by atoms with Gasteiger partial charge in [-0.15, -0.1) is 0 Å². The second-order valence-corrected chi connectivity index (χ2v) is 5.28. The average Bonchev–Trinajstić information content (AvgIpc) is 2.65. The zero-order valence-electron chi connectivity index (χ0n) is 13.5. The number of carbonyl (C=O) groups is 1. The lowest BCUT2D eigenvalue weighted by atomic mass is 10.0. The van der Waals surface area contributed by atoms with Crippen molar-refractivity contribution < 1.29 is 14.3 Å². The van der Waals surface area contributed by atoms with Crippen molar-refractivity contribution in [2.45, 2.75) is 0 Å². The number of fused-ring (bicyclic) bond motifs is 1. The molecule has 0 aliphatic heterocycles. The first-order valence-electron chi connectivity index (χ1n) is 7.81. The maximum absolute atomic E-state index is 12.4. The standard InChI is InChI=1S/C20H19NO3/c1-23-18-11-4-5-12-19(18)24-14-13-21-20(22)17-10-6-8-15-7-2-3-9-16(15)17/h2-12H,13-14H2,1H3,(H,21,22). The van der Waals surface area contributed by atoms with Crippen LogP contribution in [-0.4, -0.2) is 26.2 Å². The molecule has 122 valence electrons. The average molecular weight is 321 g/mol. The molecule has 0 saturated heterocycles. The van der Waals surface area contributed by atoms with Crippen molar-refractivity contribution in [2.24, 2.45) is 0 Å². The van der Waals surface area contributed by atoms with Gasteiger partial charge in [0.25, 0.3) is 5.91 Å². The molecule has 0 bridgehead atoms. The van der Waals surface area contributed by atoms with Gasteiger partial charge in [-0.05, 0) is 29.0 Å². The molecular weight excluding hydrogens is 302 g/mol. The van der Waals surface area contributed by atoms with Gasteiger partial charge >= 0.3 is 0 Å². The first kappa shape index (κ1) is 15.9. The van der Waals surface area contributed by atoms with Crippen LogP contribution >= 0.6 is 0 Å². The van der Waals surface area contributed by atoms with Crippen molar-refractivity contribution >= 4 is 16.7 Å². The molecule has 4 nitrogen and oxygen atoms in total. The fraction of sp³-hybridized carbons (Fsp3) is 0.150. The number of nitrogens with one attached hydrogen (secondary N) is 1. The fourth-order valence-electron chi connectivity index (χ4n) is 2.58. The van der Waals surface area contributed by atoms with Gasteiger partial charge in [0.1, 0.15) is 6.61 Å². The Kier molecular flexibility index (Phi) is 4.96. The van der Waals surface area contributed by atoms with Crippen molar-refractivity contribution in [3.63, 3.8) is 0 Å². The highest BCUT2D eigenvalue weighted by Crippen LogP contribution is 2.25. The third kappa shape index (κ3) is 3.49. The van der Waals surface area contributed by atoms with Gasteiger partial charge in [-0.25, -0.2) is 0 Å². The minimum atomic E-state index is -0.101. The van der Waals surface area contributed by atoms with Gasteiger partial charge in [-0.2, -0.15) is 0 Å². The van der Waals surface area contributed by atoms with E-state index in [-0.39, 0.29) is 5.91 Å². The third-order valence-corrected chi connectivity index (χ3v) is 3.75. The van der Waals surface area contributed by atoms with Crippen molar-refractivity contribution in [1.29, 1.82) is 0 Å². The van der Waals surface area contributed by atoms with Crippen LogP contribution in [0.3, 0.4) is 0 Å². The van der Waals surface area contributed by atoms with Gasteiger partial charge in [0.2, 0.25) is 0 Å². The van der Waals surface area contributed by atoms with Gasteiger partial charge in [0, 0.05) is 5.56 Å². The molecule has 0 fully saturated rings. The molecule has 3 rings (SSSR count). The molecule has 0 aliphatic carbocycles. The van der Waals surface area contributed by atoms with E-state index < -0.39 is 0 Å². The SMILES string of the molecule is COc1ccccc1OCCNC(=O)c1cccc2ccccc12. The summed E-state index contributed by atoms with van der Waals surface area (Å²) in [6.07, 6.45) is 0. The van der Waals surface area contributed by atoms with E-state index in [1.165, 1.54) is 0 Å². The van der Waals surface area contributed by atoms with Crippen LogP contribution in [0.25, 0.3) is 10.8 Å². The van der Waals surface area contributed by atoms with E-state index in [9.17, 15) is 4.79 Å². The molecule has 0 radical (unpaired) electrons. The Bertz CT molecular complexity index is 840. The highest BCUT2D eigenvalue weighted by molar-refractivity contribution is 6.06. The van der Waals surface area contributed by atoms with Crippen LogP contribution in [0.15, 0.2) is 66.7 Å². The number of carbonyl (C=O) groups excluding carboxylic acids is 1. The predicted molar refractivity (Wildman–Crippen MR) is 94.8 cm³/mol. The summed E-state index contributed by atoms with van der Waals surface area (Å²) < 4.78 is 10.9. The zero-order valence-corrected chi connectivity index (χ0v) is 13.5. The Morgan fingerprint density at radius 2 is 1.62 bits per heavy atom. The molecule has 0 aromatic heterocycles. The first-order chi connectivity index (χ1) is 11.8. The molecule has 0 saturated carbocycles. The number of para-hydroxylation sites is 2. The second kappa shape index (κ2) is 7.51. The molecule has 0 spiro atoms. The van der Waals surface area contributed by atoms with Gasteiger partial charge < -0.3 is 14.8 Å². The Morgan fingerprint density at radius 1 is 0.917 bits per heavy atom. The van der Waals surface area contributed by atoms with Crippen LogP contribution in [0.2, 0.25) is 0 Å². The summed E-state index contributed by atoms with van der Waals surface area (Å²) in [5.41, 5.74) is 0.672. The highest BCUT2D eigenvalue weighted by Gasteiger charge is 2.09. The summed E-state index contributed by atoms with van der Waals surface area (Å²) in [7, 11) is 1.60. The number of ether oxygens (including phenoxy) is 2. The van der Waals surface area contributed by atoms with E-state index in [1.54, 1.807) is 7.11 Å².